The van der Waals surface area contributed by atoms with Crippen LogP contribution in [0.15, 0.2) is 29.6 Å². The number of hydrogen-bond donors (Lipinski definition) is 1. The molecular weight excluding hydrogens is 244 g/mol. The fraction of sp³-hybridized carbons (Fsp3) is 0.357. The summed E-state index contributed by atoms with van der Waals surface area (Å²) in [5.74, 6) is 0.901. The maximum Gasteiger partial charge on any atom is 0.140 e. The summed E-state index contributed by atoms with van der Waals surface area (Å²) in [6, 6.07) is 8.07. The van der Waals surface area contributed by atoms with Crippen LogP contribution in [0.2, 0.25) is 0 Å². The lowest BCUT2D eigenvalue weighted by Crippen LogP contribution is -2.12. The molecule has 0 aliphatic carbocycles. The maximum atomic E-state index is 5.72. The average molecular weight is 262 g/mol. The SMILES string of the molecule is CCNCc1csc(COc2cccc(C)c2)n1. The number of benzene rings is 1. The van der Waals surface area contributed by atoms with Gasteiger partial charge in [-0.25, -0.2) is 4.98 Å². The number of aromatic nitrogens is 1. The maximum absolute atomic E-state index is 5.72. The molecule has 1 heterocycles. The van der Waals surface area contributed by atoms with Crippen molar-refractivity contribution in [2.75, 3.05) is 6.54 Å². The first-order chi connectivity index (χ1) is 8.78. The van der Waals surface area contributed by atoms with Gasteiger partial charge in [0.1, 0.15) is 17.4 Å². The van der Waals surface area contributed by atoms with Gasteiger partial charge in [0.25, 0.3) is 0 Å². The quantitative estimate of drug-likeness (QED) is 0.868. The second-order valence-electron chi connectivity index (χ2n) is 4.12. The summed E-state index contributed by atoms with van der Waals surface area (Å²) < 4.78 is 5.72. The third kappa shape index (κ3) is 3.82. The predicted octanol–water partition coefficient (Wildman–Crippen LogP) is 3.14. The number of nitrogens with zero attached hydrogens (tertiary/aromatic N) is 1. The molecule has 0 amide bonds. The zero-order chi connectivity index (χ0) is 12.8. The van der Waals surface area contributed by atoms with Gasteiger partial charge in [-0.2, -0.15) is 0 Å². The normalized spacial score (nSPS) is 10.6. The molecule has 0 unspecified atom stereocenters. The van der Waals surface area contributed by atoms with E-state index in [0.29, 0.717) is 6.61 Å². The van der Waals surface area contributed by atoms with E-state index < -0.39 is 0 Å². The minimum absolute atomic E-state index is 0.542. The Bertz CT molecular complexity index is 496. The monoisotopic (exact) mass is 262 g/mol. The molecule has 3 nitrogen and oxygen atoms in total. The van der Waals surface area contributed by atoms with Gasteiger partial charge in [0, 0.05) is 11.9 Å². The Labute approximate surface area is 112 Å². The van der Waals surface area contributed by atoms with E-state index in [1.165, 1.54) is 5.56 Å². The summed E-state index contributed by atoms with van der Waals surface area (Å²) in [5, 5.41) is 6.36. The van der Waals surface area contributed by atoms with Crippen LogP contribution < -0.4 is 10.1 Å². The van der Waals surface area contributed by atoms with Gasteiger partial charge in [0.2, 0.25) is 0 Å². The van der Waals surface area contributed by atoms with Crippen molar-refractivity contribution in [2.45, 2.75) is 27.0 Å². The van der Waals surface area contributed by atoms with Crippen LogP contribution in [-0.4, -0.2) is 11.5 Å². The zero-order valence-corrected chi connectivity index (χ0v) is 11.6. The Morgan fingerprint density at radius 1 is 1.39 bits per heavy atom. The van der Waals surface area contributed by atoms with Gasteiger partial charge in [0.05, 0.1) is 5.69 Å². The Morgan fingerprint density at radius 2 is 2.28 bits per heavy atom. The fourth-order valence-electron chi connectivity index (χ4n) is 1.60. The summed E-state index contributed by atoms with van der Waals surface area (Å²) in [7, 11) is 0. The van der Waals surface area contributed by atoms with Crippen LogP contribution in [0, 0.1) is 6.92 Å². The Morgan fingerprint density at radius 3 is 3.06 bits per heavy atom. The molecule has 1 aromatic carbocycles. The van der Waals surface area contributed by atoms with E-state index in [-0.39, 0.29) is 0 Å². The van der Waals surface area contributed by atoms with Gasteiger partial charge in [-0.1, -0.05) is 19.1 Å². The van der Waals surface area contributed by atoms with E-state index in [1.807, 2.05) is 18.2 Å². The second-order valence-corrected chi connectivity index (χ2v) is 5.06. The third-order valence-electron chi connectivity index (χ3n) is 2.51. The molecule has 1 aromatic heterocycles. The first-order valence-electron chi connectivity index (χ1n) is 6.11. The predicted molar refractivity (Wildman–Crippen MR) is 75.0 cm³/mol. The highest BCUT2D eigenvalue weighted by atomic mass is 32.1. The highest BCUT2D eigenvalue weighted by Crippen LogP contribution is 2.16. The summed E-state index contributed by atoms with van der Waals surface area (Å²) in [5.41, 5.74) is 2.30. The van der Waals surface area contributed by atoms with Crippen molar-refractivity contribution in [3.63, 3.8) is 0 Å². The van der Waals surface area contributed by atoms with Gasteiger partial charge in [-0.3, -0.25) is 0 Å². The first kappa shape index (κ1) is 13.1. The molecule has 96 valence electrons. The fourth-order valence-corrected chi connectivity index (χ4v) is 2.30. The summed E-state index contributed by atoms with van der Waals surface area (Å²) in [6.45, 7) is 6.49. The molecule has 1 N–H and O–H groups in total. The molecule has 0 spiro atoms. The lowest BCUT2D eigenvalue weighted by Gasteiger charge is -2.04. The van der Waals surface area contributed by atoms with Gasteiger partial charge in [-0.15, -0.1) is 11.3 Å². The number of ether oxygens (including phenoxy) is 1. The van der Waals surface area contributed by atoms with Crippen molar-refractivity contribution < 1.29 is 4.74 Å². The van der Waals surface area contributed by atoms with Gasteiger partial charge < -0.3 is 10.1 Å². The van der Waals surface area contributed by atoms with Crippen LogP contribution in [0.3, 0.4) is 0 Å². The Balaban J connectivity index is 1.88. The smallest absolute Gasteiger partial charge is 0.140 e. The second kappa shape index (κ2) is 6.52. The van der Waals surface area contributed by atoms with E-state index in [1.54, 1.807) is 11.3 Å². The largest absolute Gasteiger partial charge is 0.486 e. The molecule has 0 saturated heterocycles. The van der Waals surface area contributed by atoms with E-state index in [9.17, 15) is 0 Å². The number of thiazole rings is 1. The van der Waals surface area contributed by atoms with Crippen LogP contribution in [0.4, 0.5) is 0 Å². The summed E-state index contributed by atoms with van der Waals surface area (Å²) >= 11 is 1.65. The van der Waals surface area contributed by atoms with Gasteiger partial charge >= 0.3 is 0 Å². The first-order valence-corrected chi connectivity index (χ1v) is 6.99. The number of nitrogens with one attached hydrogen (secondary N) is 1. The molecule has 0 saturated carbocycles. The lowest BCUT2D eigenvalue weighted by molar-refractivity contribution is 0.305. The van der Waals surface area contributed by atoms with E-state index in [0.717, 1.165) is 29.5 Å². The van der Waals surface area contributed by atoms with Crippen LogP contribution in [0.1, 0.15) is 23.2 Å². The standard InChI is InChI=1S/C14H18N2OS/c1-3-15-8-12-10-18-14(16-12)9-17-13-6-4-5-11(2)7-13/h4-7,10,15H,3,8-9H2,1-2H3. The van der Waals surface area contributed by atoms with Crippen LogP contribution in [0.25, 0.3) is 0 Å². The molecule has 0 aliphatic heterocycles. The van der Waals surface area contributed by atoms with E-state index >= 15 is 0 Å². The molecule has 0 fully saturated rings. The van der Waals surface area contributed by atoms with Crippen molar-refractivity contribution in [1.82, 2.24) is 10.3 Å². The molecule has 0 aliphatic rings. The highest BCUT2D eigenvalue weighted by molar-refractivity contribution is 7.09. The van der Waals surface area contributed by atoms with Crippen LogP contribution in [0.5, 0.6) is 5.75 Å². The van der Waals surface area contributed by atoms with E-state index in [4.69, 9.17) is 4.74 Å². The van der Waals surface area contributed by atoms with Crippen molar-refractivity contribution >= 4 is 11.3 Å². The van der Waals surface area contributed by atoms with Crippen molar-refractivity contribution in [2.24, 2.45) is 0 Å². The van der Waals surface area contributed by atoms with Crippen molar-refractivity contribution in [1.29, 1.82) is 0 Å². The van der Waals surface area contributed by atoms with Gasteiger partial charge in [-0.05, 0) is 31.2 Å². The van der Waals surface area contributed by atoms with E-state index in [2.05, 4.69) is 35.6 Å². The minimum atomic E-state index is 0.542. The highest BCUT2D eigenvalue weighted by Gasteiger charge is 2.02. The van der Waals surface area contributed by atoms with Crippen LogP contribution >= 0.6 is 11.3 Å². The average Bonchev–Trinajstić information content (AvgIpc) is 2.82. The Hall–Kier alpha value is -1.39. The molecule has 18 heavy (non-hydrogen) atoms. The lowest BCUT2D eigenvalue weighted by atomic mass is 10.2. The number of aryl methyl sites for hydroxylation is 1. The summed E-state index contributed by atoms with van der Waals surface area (Å²) in [6.07, 6.45) is 0. The zero-order valence-electron chi connectivity index (χ0n) is 10.8. The molecular formula is C14H18N2OS. The molecule has 0 radical (unpaired) electrons. The molecule has 2 aromatic rings. The summed E-state index contributed by atoms with van der Waals surface area (Å²) in [4.78, 5) is 4.52. The topological polar surface area (TPSA) is 34.1 Å². The molecule has 0 bridgehead atoms. The molecule has 0 atom stereocenters. The molecule has 4 heteroatoms. The van der Waals surface area contributed by atoms with Crippen LogP contribution in [-0.2, 0) is 13.2 Å². The van der Waals surface area contributed by atoms with Crippen molar-refractivity contribution in [3.05, 3.63) is 45.9 Å². The number of rotatable bonds is 6. The van der Waals surface area contributed by atoms with Crippen molar-refractivity contribution in [3.8, 4) is 5.75 Å². The van der Waals surface area contributed by atoms with Gasteiger partial charge in [0.15, 0.2) is 0 Å². The third-order valence-corrected chi connectivity index (χ3v) is 3.38. The number of hydrogen-bond acceptors (Lipinski definition) is 4. The Kier molecular flexibility index (Phi) is 4.73. The minimum Gasteiger partial charge on any atom is -0.486 e. The molecule has 2 rings (SSSR count).